The molecule has 4 nitrogen and oxygen atoms in total. The maximum absolute atomic E-state index is 11.9. The minimum atomic E-state index is -0.971. The van der Waals surface area contributed by atoms with E-state index in [1.165, 1.54) is 0 Å². The first-order valence-corrected chi connectivity index (χ1v) is 11.9. The maximum atomic E-state index is 11.9. The van der Waals surface area contributed by atoms with Gasteiger partial charge in [0.2, 0.25) is 5.91 Å². The molecule has 0 rings (SSSR count). The van der Waals surface area contributed by atoms with Crippen LogP contribution in [0, 0.1) is 5.92 Å². The van der Waals surface area contributed by atoms with Crippen molar-refractivity contribution in [3.63, 3.8) is 0 Å². The fraction of sp³-hybridized carbons (Fsp3) is 0.500. The minimum absolute atomic E-state index is 0.0812. The highest BCUT2D eigenvalue weighted by Gasteiger charge is 2.24. The third-order valence-corrected chi connectivity index (χ3v) is 4.93. The maximum Gasteiger partial charge on any atom is 0.326 e. The van der Waals surface area contributed by atoms with E-state index in [0.717, 1.165) is 38.5 Å². The summed E-state index contributed by atoms with van der Waals surface area (Å²) in [5.41, 5.74) is 0. The summed E-state index contributed by atoms with van der Waals surface area (Å²) >= 11 is 0. The number of rotatable bonds is 18. The van der Waals surface area contributed by atoms with Gasteiger partial charge in [0.05, 0.1) is 0 Å². The fourth-order valence-corrected chi connectivity index (χ4v) is 2.78. The van der Waals surface area contributed by atoms with Gasteiger partial charge in [0.25, 0.3) is 0 Å². The summed E-state index contributed by atoms with van der Waals surface area (Å²) in [6.07, 6.45) is 33.2. The van der Waals surface area contributed by atoms with Crippen LogP contribution in [0.4, 0.5) is 0 Å². The standard InChI is InChI=1S/C28H43NO3/c1-4-6-7-8-9-10-11-12-13-14-15-16-17-18-19-20-21-22-23-24-26(30)29-27(28(31)32)25(3)5-2/h6-7,9-10,12-13,15-16,18-19,21-22,25,27H,4-5,8,11,14,17,20,23-24H2,1-3H3,(H,29,30)(H,31,32)/b7-6-,10-9-,13-12-,16-15-,19-18-,22-21-/t25-,27-/m0/s1. The van der Waals surface area contributed by atoms with E-state index in [4.69, 9.17) is 0 Å². The van der Waals surface area contributed by atoms with Crippen LogP contribution in [0.1, 0.15) is 78.6 Å². The lowest BCUT2D eigenvalue weighted by atomic mass is 9.99. The predicted octanol–water partition coefficient (Wildman–Crippen LogP) is 7.08. The van der Waals surface area contributed by atoms with Gasteiger partial charge in [0.1, 0.15) is 6.04 Å². The third-order valence-electron chi connectivity index (χ3n) is 4.93. The molecule has 32 heavy (non-hydrogen) atoms. The van der Waals surface area contributed by atoms with Crippen LogP contribution in [-0.4, -0.2) is 23.0 Å². The van der Waals surface area contributed by atoms with Gasteiger partial charge in [-0.1, -0.05) is 100 Å². The molecule has 1 amide bonds. The average Bonchev–Trinajstić information content (AvgIpc) is 2.78. The summed E-state index contributed by atoms with van der Waals surface area (Å²) < 4.78 is 0. The Morgan fingerprint density at radius 1 is 0.719 bits per heavy atom. The number of amides is 1. The molecule has 0 aliphatic rings. The van der Waals surface area contributed by atoms with Crippen LogP contribution in [0.15, 0.2) is 72.9 Å². The van der Waals surface area contributed by atoms with Crippen LogP contribution >= 0.6 is 0 Å². The molecule has 0 radical (unpaired) electrons. The Morgan fingerprint density at radius 2 is 1.12 bits per heavy atom. The van der Waals surface area contributed by atoms with Crippen molar-refractivity contribution >= 4 is 11.9 Å². The zero-order valence-corrected chi connectivity index (χ0v) is 20.2. The van der Waals surface area contributed by atoms with Gasteiger partial charge in [-0.05, 0) is 50.9 Å². The van der Waals surface area contributed by atoms with Crippen LogP contribution in [-0.2, 0) is 9.59 Å². The first kappa shape index (κ1) is 29.4. The smallest absolute Gasteiger partial charge is 0.326 e. The molecule has 0 aromatic rings. The van der Waals surface area contributed by atoms with Crippen molar-refractivity contribution in [2.75, 3.05) is 0 Å². The van der Waals surface area contributed by atoms with Gasteiger partial charge in [-0.25, -0.2) is 4.79 Å². The van der Waals surface area contributed by atoms with Crippen LogP contribution in [0.5, 0.6) is 0 Å². The van der Waals surface area contributed by atoms with Gasteiger partial charge < -0.3 is 10.4 Å². The lowest BCUT2D eigenvalue weighted by Gasteiger charge is -2.19. The van der Waals surface area contributed by atoms with Crippen molar-refractivity contribution in [1.82, 2.24) is 5.32 Å². The lowest BCUT2D eigenvalue weighted by Crippen LogP contribution is -2.44. The second-order valence-corrected chi connectivity index (χ2v) is 7.72. The Morgan fingerprint density at radius 3 is 1.50 bits per heavy atom. The zero-order valence-electron chi connectivity index (χ0n) is 20.2. The van der Waals surface area contributed by atoms with Crippen molar-refractivity contribution in [3.8, 4) is 0 Å². The first-order valence-electron chi connectivity index (χ1n) is 11.9. The molecule has 0 aliphatic heterocycles. The molecule has 4 heteroatoms. The van der Waals surface area contributed by atoms with E-state index < -0.39 is 12.0 Å². The largest absolute Gasteiger partial charge is 0.480 e. The number of nitrogens with one attached hydrogen (secondary N) is 1. The topological polar surface area (TPSA) is 66.4 Å². The molecule has 2 atom stereocenters. The molecule has 0 aromatic carbocycles. The van der Waals surface area contributed by atoms with Gasteiger partial charge in [-0.2, -0.15) is 0 Å². The summed E-state index contributed by atoms with van der Waals surface area (Å²) in [7, 11) is 0. The van der Waals surface area contributed by atoms with E-state index in [9.17, 15) is 14.7 Å². The Hall–Kier alpha value is -2.62. The second-order valence-electron chi connectivity index (χ2n) is 7.72. The Kier molecular flexibility index (Phi) is 19.8. The summed E-state index contributed by atoms with van der Waals surface area (Å²) in [5, 5.41) is 11.8. The SMILES string of the molecule is CC/C=C\C/C=C\C/C=C\C/C=C\C/C=C\C/C=C\CCC(=O)N[C@H](C(=O)O)[C@@H](C)CC. The van der Waals surface area contributed by atoms with Gasteiger partial charge in [-0.15, -0.1) is 0 Å². The summed E-state index contributed by atoms with van der Waals surface area (Å²) in [6.45, 7) is 5.90. The predicted molar refractivity (Wildman–Crippen MR) is 136 cm³/mol. The van der Waals surface area contributed by atoms with E-state index >= 15 is 0 Å². The minimum Gasteiger partial charge on any atom is -0.480 e. The van der Waals surface area contributed by atoms with E-state index in [-0.39, 0.29) is 11.8 Å². The van der Waals surface area contributed by atoms with Crippen molar-refractivity contribution in [1.29, 1.82) is 0 Å². The number of hydrogen-bond acceptors (Lipinski definition) is 2. The highest BCUT2D eigenvalue weighted by Crippen LogP contribution is 2.08. The molecular formula is C28H43NO3. The molecule has 0 fully saturated rings. The molecule has 2 N–H and O–H groups in total. The van der Waals surface area contributed by atoms with E-state index in [0.29, 0.717) is 19.3 Å². The third kappa shape index (κ3) is 18.2. The first-order chi connectivity index (χ1) is 15.5. The monoisotopic (exact) mass is 441 g/mol. The molecule has 0 heterocycles. The van der Waals surface area contributed by atoms with E-state index in [2.05, 4.69) is 73.0 Å². The number of carboxylic acids is 1. The molecule has 0 unspecified atom stereocenters. The van der Waals surface area contributed by atoms with Crippen molar-refractivity contribution in [3.05, 3.63) is 72.9 Å². The van der Waals surface area contributed by atoms with Crippen LogP contribution in [0.25, 0.3) is 0 Å². The van der Waals surface area contributed by atoms with Gasteiger partial charge in [0, 0.05) is 6.42 Å². The summed E-state index contributed by atoms with van der Waals surface area (Å²) in [5.74, 6) is -1.26. The van der Waals surface area contributed by atoms with Gasteiger partial charge in [-0.3, -0.25) is 4.79 Å². The van der Waals surface area contributed by atoms with Gasteiger partial charge >= 0.3 is 5.97 Å². The Bertz CT molecular complexity index is 668. The zero-order chi connectivity index (χ0) is 23.9. The second kappa shape index (κ2) is 21.6. The highest BCUT2D eigenvalue weighted by atomic mass is 16.4. The number of hydrogen-bond donors (Lipinski definition) is 2. The molecule has 178 valence electrons. The van der Waals surface area contributed by atoms with Gasteiger partial charge in [0.15, 0.2) is 0 Å². The number of allylic oxidation sites excluding steroid dienone is 12. The summed E-state index contributed by atoms with van der Waals surface area (Å²) in [6, 6.07) is -0.808. The molecule has 0 aliphatic carbocycles. The quantitative estimate of drug-likeness (QED) is 0.223. The van der Waals surface area contributed by atoms with E-state index in [1.807, 2.05) is 26.0 Å². The lowest BCUT2D eigenvalue weighted by molar-refractivity contribution is -0.143. The average molecular weight is 442 g/mol. The number of carbonyl (C=O) groups is 2. The Balaban J connectivity index is 3.81. The normalized spacial score (nSPS) is 14.6. The number of carboxylic acid groups (broad SMARTS) is 1. The van der Waals surface area contributed by atoms with Crippen molar-refractivity contribution < 1.29 is 14.7 Å². The number of aliphatic carboxylic acids is 1. The fourth-order valence-electron chi connectivity index (χ4n) is 2.78. The molecular weight excluding hydrogens is 398 g/mol. The van der Waals surface area contributed by atoms with Crippen molar-refractivity contribution in [2.24, 2.45) is 5.92 Å². The van der Waals surface area contributed by atoms with Crippen molar-refractivity contribution in [2.45, 2.75) is 84.6 Å². The molecule has 0 bridgehead atoms. The molecule has 0 aromatic heterocycles. The van der Waals surface area contributed by atoms with E-state index in [1.54, 1.807) is 0 Å². The Labute approximate surface area is 195 Å². The summed E-state index contributed by atoms with van der Waals surface area (Å²) in [4.78, 5) is 23.2. The highest BCUT2D eigenvalue weighted by molar-refractivity contribution is 5.83. The molecule has 0 saturated heterocycles. The molecule has 0 saturated carbocycles. The molecule has 0 spiro atoms. The number of carbonyl (C=O) groups excluding carboxylic acids is 1. The van der Waals surface area contributed by atoms with Crippen LogP contribution in [0.3, 0.4) is 0 Å². The van der Waals surface area contributed by atoms with Crippen LogP contribution in [0.2, 0.25) is 0 Å². The van der Waals surface area contributed by atoms with Crippen LogP contribution < -0.4 is 5.32 Å².